The van der Waals surface area contributed by atoms with Crippen LogP contribution in [0, 0.1) is 0 Å². The average molecular weight is 339 g/mol. The Morgan fingerprint density at radius 1 is 1.18 bits per heavy atom. The standard InChI is InChI=1S/C15H21F3N2O.ClH/c1-3-14(4-2,10-19)20-13(21)9-11-7-5-6-8-12(11)15(16,17)18;/h5-8H,3-4,9-10,19H2,1-2H3,(H,20,21);1H. The number of hydrogen-bond acceptors (Lipinski definition) is 2. The fraction of sp³-hybridized carbons (Fsp3) is 0.533. The van der Waals surface area contributed by atoms with Crippen LogP contribution in [0.5, 0.6) is 0 Å². The van der Waals surface area contributed by atoms with Crippen molar-refractivity contribution in [1.82, 2.24) is 5.32 Å². The molecule has 1 amide bonds. The molecule has 0 aromatic heterocycles. The number of carbonyl (C=O) groups excluding carboxylic acids is 1. The third-order valence-electron chi connectivity index (χ3n) is 3.82. The first kappa shape index (κ1) is 20.7. The molecule has 1 rings (SSSR count). The Kier molecular flexibility index (Phi) is 7.90. The van der Waals surface area contributed by atoms with Gasteiger partial charge in [-0.25, -0.2) is 0 Å². The summed E-state index contributed by atoms with van der Waals surface area (Å²) in [5.74, 6) is -0.444. The molecule has 3 N–H and O–H groups in total. The van der Waals surface area contributed by atoms with E-state index in [0.717, 1.165) is 6.07 Å². The van der Waals surface area contributed by atoms with Crippen molar-refractivity contribution in [3.8, 4) is 0 Å². The van der Waals surface area contributed by atoms with Gasteiger partial charge in [0, 0.05) is 6.54 Å². The Morgan fingerprint density at radius 2 is 1.73 bits per heavy atom. The van der Waals surface area contributed by atoms with Crippen molar-refractivity contribution in [2.45, 2.75) is 44.8 Å². The highest BCUT2D eigenvalue weighted by molar-refractivity contribution is 5.85. The maximum Gasteiger partial charge on any atom is 0.416 e. The molecular formula is C15H22ClF3N2O. The van der Waals surface area contributed by atoms with E-state index < -0.39 is 23.2 Å². The fourth-order valence-electron chi connectivity index (χ4n) is 2.23. The molecule has 126 valence electrons. The molecule has 0 saturated heterocycles. The number of hydrogen-bond donors (Lipinski definition) is 2. The highest BCUT2D eigenvalue weighted by Crippen LogP contribution is 2.32. The Balaban J connectivity index is 0.00000441. The van der Waals surface area contributed by atoms with Gasteiger partial charge in [0.1, 0.15) is 0 Å². The van der Waals surface area contributed by atoms with Crippen molar-refractivity contribution in [2.24, 2.45) is 5.73 Å². The Morgan fingerprint density at radius 3 is 2.18 bits per heavy atom. The fourth-order valence-corrected chi connectivity index (χ4v) is 2.23. The summed E-state index contributed by atoms with van der Waals surface area (Å²) in [6.45, 7) is 4.03. The van der Waals surface area contributed by atoms with Crippen LogP contribution in [0.25, 0.3) is 0 Å². The largest absolute Gasteiger partial charge is 0.416 e. The van der Waals surface area contributed by atoms with E-state index in [1.54, 1.807) is 0 Å². The van der Waals surface area contributed by atoms with Crippen molar-refractivity contribution in [2.75, 3.05) is 6.54 Å². The number of nitrogens with one attached hydrogen (secondary N) is 1. The summed E-state index contributed by atoms with van der Waals surface area (Å²) in [6, 6.07) is 5.11. The van der Waals surface area contributed by atoms with Gasteiger partial charge in [-0.3, -0.25) is 4.79 Å². The van der Waals surface area contributed by atoms with Crippen LogP contribution in [0.4, 0.5) is 13.2 Å². The molecule has 1 aromatic rings. The van der Waals surface area contributed by atoms with Gasteiger partial charge in [-0.2, -0.15) is 13.2 Å². The molecule has 0 radical (unpaired) electrons. The SMILES string of the molecule is CCC(CC)(CN)NC(=O)Cc1ccccc1C(F)(F)F.Cl. The first-order valence-corrected chi connectivity index (χ1v) is 6.94. The summed E-state index contributed by atoms with van der Waals surface area (Å²) >= 11 is 0. The highest BCUT2D eigenvalue weighted by atomic mass is 35.5. The molecule has 0 spiro atoms. The number of carbonyl (C=O) groups is 1. The van der Waals surface area contributed by atoms with Gasteiger partial charge in [-0.05, 0) is 24.5 Å². The summed E-state index contributed by atoms with van der Waals surface area (Å²) in [5, 5.41) is 2.78. The molecular weight excluding hydrogens is 317 g/mol. The van der Waals surface area contributed by atoms with Crippen LogP contribution in [0.1, 0.15) is 37.8 Å². The van der Waals surface area contributed by atoms with Crippen molar-refractivity contribution < 1.29 is 18.0 Å². The molecule has 0 saturated carbocycles. The van der Waals surface area contributed by atoms with Gasteiger partial charge in [0.2, 0.25) is 5.91 Å². The first-order chi connectivity index (χ1) is 9.78. The third kappa shape index (κ3) is 5.18. The van der Waals surface area contributed by atoms with Crippen LogP contribution in [-0.2, 0) is 17.4 Å². The first-order valence-electron chi connectivity index (χ1n) is 6.94. The third-order valence-corrected chi connectivity index (χ3v) is 3.82. The van der Waals surface area contributed by atoms with Gasteiger partial charge in [-0.15, -0.1) is 12.4 Å². The van der Waals surface area contributed by atoms with E-state index in [1.165, 1.54) is 18.2 Å². The lowest BCUT2D eigenvalue weighted by Gasteiger charge is -2.31. The topological polar surface area (TPSA) is 55.1 Å². The molecule has 0 unspecified atom stereocenters. The van der Waals surface area contributed by atoms with Crippen LogP contribution in [0.15, 0.2) is 24.3 Å². The molecule has 0 aliphatic carbocycles. The van der Waals surface area contributed by atoms with Crippen molar-refractivity contribution in [3.63, 3.8) is 0 Å². The molecule has 7 heteroatoms. The monoisotopic (exact) mass is 338 g/mol. The van der Waals surface area contributed by atoms with Crippen LogP contribution in [-0.4, -0.2) is 18.0 Å². The van der Waals surface area contributed by atoms with Crippen LogP contribution >= 0.6 is 12.4 Å². The van der Waals surface area contributed by atoms with Crippen LogP contribution in [0.2, 0.25) is 0 Å². The van der Waals surface area contributed by atoms with Gasteiger partial charge >= 0.3 is 6.18 Å². The second-order valence-electron chi connectivity index (χ2n) is 5.07. The number of halogens is 4. The van der Waals surface area contributed by atoms with Gasteiger partial charge in [0.25, 0.3) is 0 Å². The molecule has 0 bridgehead atoms. The van der Waals surface area contributed by atoms with E-state index in [4.69, 9.17) is 5.73 Å². The second kappa shape index (κ2) is 8.39. The summed E-state index contributed by atoms with van der Waals surface area (Å²) in [7, 11) is 0. The van der Waals surface area contributed by atoms with Gasteiger partial charge in [0.05, 0.1) is 17.5 Å². The molecule has 0 heterocycles. The van der Waals surface area contributed by atoms with E-state index >= 15 is 0 Å². The van der Waals surface area contributed by atoms with Crippen molar-refractivity contribution in [1.29, 1.82) is 0 Å². The van der Waals surface area contributed by atoms with E-state index in [0.29, 0.717) is 12.8 Å². The normalized spacial score (nSPS) is 11.7. The number of amides is 1. The molecule has 0 fully saturated rings. The minimum absolute atomic E-state index is 0. The van der Waals surface area contributed by atoms with Gasteiger partial charge in [-0.1, -0.05) is 32.0 Å². The predicted octanol–water partition coefficient (Wildman–Crippen LogP) is 3.30. The summed E-state index contributed by atoms with van der Waals surface area (Å²) in [5.41, 5.74) is 4.32. The highest BCUT2D eigenvalue weighted by Gasteiger charge is 2.34. The molecule has 0 aliphatic heterocycles. The molecule has 0 aliphatic rings. The lowest BCUT2D eigenvalue weighted by Crippen LogP contribution is -2.53. The summed E-state index contributed by atoms with van der Waals surface area (Å²) in [6.07, 6.45) is -3.51. The lowest BCUT2D eigenvalue weighted by atomic mass is 9.92. The van der Waals surface area contributed by atoms with Gasteiger partial charge < -0.3 is 11.1 Å². The zero-order valence-corrected chi connectivity index (χ0v) is 13.5. The van der Waals surface area contributed by atoms with E-state index in [1.807, 2.05) is 13.8 Å². The van der Waals surface area contributed by atoms with Crippen molar-refractivity contribution in [3.05, 3.63) is 35.4 Å². The zero-order valence-electron chi connectivity index (χ0n) is 12.7. The minimum Gasteiger partial charge on any atom is -0.349 e. The van der Waals surface area contributed by atoms with Gasteiger partial charge in [0.15, 0.2) is 0 Å². The Bertz CT molecular complexity index is 480. The number of nitrogens with two attached hydrogens (primary N) is 1. The van der Waals surface area contributed by atoms with E-state index in [2.05, 4.69) is 5.32 Å². The molecule has 1 aromatic carbocycles. The maximum atomic E-state index is 12.9. The number of rotatable bonds is 6. The second-order valence-corrected chi connectivity index (χ2v) is 5.07. The van der Waals surface area contributed by atoms with Crippen LogP contribution in [0.3, 0.4) is 0 Å². The minimum atomic E-state index is -4.46. The van der Waals surface area contributed by atoms with Crippen molar-refractivity contribution >= 4 is 18.3 Å². The Hall–Kier alpha value is -1.27. The van der Waals surface area contributed by atoms with E-state index in [-0.39, 0.29) is 30.9 Å². The quantitative estimate of drug-likeness (QED) is 0.836. The summed E-state index contributed by atoms with van der Waals surface area (Å²) < 4.78 is 38.7. The molecule has 0 atom stereocenters. The average Bonchev–Trinajstić information content (AvgIpc) is 2.44. The number of alkyl halides is 3. The van der Waals surface area contributed by atoms with Crippen LogP contribution < -0.4 is 11.1 Å². The zero-order chi connectivity index (χ0) is 16.1. The smallest absolute Gasteiger partial charge is 0.349 e. The molecule has 22 heavy (non-hydrogen) atoms. The predicted molar refractivity (Wildman–Crippen MR) is 82.9 cm³/mol. The molecule has 3 nitrogen and oxygen atoms in total. The number of benzene rings is 1. The lowest BCUT2D eigenvalue weighted by molar-refractivity contribution is -0.138. The Labute approximate surface area is 134 Å². The maximum absolute atomic E-state index is 12.9. The summed E-state index contributed by atoms with van der Waals surface area (Å²) in [4.78, 5) is 12.0. The van der Waals surface area contributed by atoms with E-state index in [9.17, 15) is 18.0 Å².